The molecule has 0 N–H and O–H groups in total. The summed E-state index contributed by atoms with van der Waals surface area (Å²) in [4.78, 5) is 0. The van der Waals surface area contributed by atoms with Crippen LogP contribution in [0.5, 0.6) is 0 Å². The summed E-state index contributed by atoms with van der Waals surface area (Å²) >= 11 is 0. The molecule has 0 spiro atoms. The molecule has 1 nitrogen and oxygen atoms in total. The van der Waals surface area contributed by atoms with Crippen molar-refractivity contribution >= 4 is 28.0 Å². The zero-order valence-corrected chi connectivity index (χ0v) is 10.3. The first-order valence-corrected chi connectivity index (χ1v) is 6.45. The Balaban J connectivity index is 2.20. The fourth-order valence-electron chi connectivity index (χ4n) is 3.00. The summed E-state index contributed by atoms with van der Waals surface area (Å²) in [5, 5.41) is 2.46. The molecular weight excluding hydrogens is 220 g/mol. The van der Waals surface area contributed by atoms with Gasteiger partial charge in [-0.1, -0.05) is 43.3 Å². The van der Waals surface area contributed by atoms with E-state index >= 15 is 0 Å². The van der Waals surface area contributed by atoms with Crippen molar-refractivity contribution in [1.29, 1.82) is 0 Å². The molecule has 18 heavy (non-hydrogen) atoms. The number of fused-ring (bicyclic) bond motifs is 5. The molecular formula is C17H14O. The summed E-state index contributed by atoms with van der Waals surface area (Å²) in [5.41, 5.74) is 4.74. The topological polar surface area (TPSA) is 13.1 Å². The van der Waals surface area contributed by atoms with E-state index in [9.17, 15) is 0 Å². The molecule has 1 aliphatic carbocycles. The number of allylic oxidation sites excluding steroid dienone is 1. The van der Waals surface area contributed by atoms with Gasteiger partial charge in [0.2, 0.25) is 0 Å². The smallest absolute Gasteiger partial charge is 0.139 e. The lowest BCUT2D eigenvalue weighted by molar-refractivity contribution is 0.650. The lowest BCUT2D eigenvalue weighted by atomic mass is 9.87. The molecule has 3 aromatic rings. The number of rotatable bonds is 0. The highest BCUT2D eigenvalue weighted by Gasteiger charge is 2.19. The van der Waals surface area contributed by atoms with E-state index in [2.05, 4.69) is 43.3 Å². The monoisotopic (exact) mass is 234 g/mol. The summed E-state index contributed by atoms with van der Waals surface area (Å²) in [5.74, 6) is 0.536. The van der Waals surface area contributed by atoms with Crippen LogP contribution in [0.3, 0.4) is 0 Å². The van der Waals surface area contributed by atoms with Gasteiger partial charge in [-0.2, -0.15) is 0 Å². The molecule has 1 heteroatoms. The highest BCUT2D eigenvalue weighted by molar-refractivity contribution is 6.06. The molecule has 1 atom stereocenters. The van der Waals surface area contributed by atoms with E-state index in [4.69, 9.17) is 4.42 Å². The molecule has 88 valence electrons. The van der Waals surface area contributed by atoms with Crippen LogP contribution in [0.15, 0.2) is 46.9 Å². The third-order valence-corrected chi connectivity index (χ3v) is 3.90. The van der Waals surface area contributed by atoms with Crippen LogP contribution in [0.1, 0.15) is 30.4 Å². The predicted molar refractivity (Wildman–Crippen MR) is 75.8 cm³/mol. The van der Waals surface area contributed by atoms with Crippen molar-refractivity contribution in [3.05, 3.63) is 53.6 Å². The molecule has 0 fully saturated rings. The largest absolute Gasteiger partial charge is 0.456 e. The molecule has 0 bridgehead atoms. The van der Waals surface area contributed by atoms with Gasteiger partial charge in [-0.25, -0.2) is 0 Å². The third kappa shape index (κ3) is 1.22. The first-order valence-electron chi connectivity index (χ1n) is 6.45. The van der Waals surface area contributed by atoms with Gasteiger partial charge in [-0.3, -0.25) is 0 Å². The van der Waals surface area contributed by atoms with E-state index < -0.39 is 0 Å². The van der Waals surface area contributed by atoms with Crippen LogP contribution in [0.2, 0.25) is 0 Å². The van der Waals surface area contributed by atoms with Crippen LogP contribution in [0, 0.1) is 0 Å². The number of hydrogen-bond acceptors (Lipinski definition) is 1. The Morgan fingerprint density at radius 1 is 1.06 bits per heavy atom. The molecule has 0 radical (unpaired) electrons. The minimum absolute atomic E-state index is 0.536. The first kappa shape index (κ1) is 9.95. The number of hydrogen-bond donors (Lipinski definition) is 0. The lowest BCUT2D eigenvalue weighted by Gasteiger charge is -2.17. The number of benzene rings is 2. The Hall–Kier alpha value is -2.02. The zero-order valence-electron chi connectivity index (χ0n) is 10.3. The van der Waals surface area contributed by atoms with E-state index in [1.807, 2.05) is 12.1 Å². The lowest BCUT2D eigenvalue weighted by Crippen LogP contribution is -1.99. The minimum Gasteiger partial charge on any atom is -0.456 e. The number of furan rings is 1. The molecule has 0 amide bonds. The predicted octanol–water partition coefficient (Wildman–Crippen LogP) is 5.11. The zero-order chi connectivity index (χ0) is 12.1. The highest BCUT2D eigenvalue weighted by atomic mass is 16.3. The third-order valence-electron chi connectivity index (χ3n) is 3.90. The summed E-state index contributed by atoms with van der Waals surface area (Å²) in [6, 6.07) is 12.7. The van der Waals surface area contributed by atoms with Gasteiger partial charge in [0.1, 0.15) is 11.2 Å². The van der Waals surface area contributed by atoms with Crippen molar-refractivity contribution in [2.24, 2.45) is 0 Å². The summed E-state index contributed by atoms with van der Waals surface area (Å²) in [7, 11) is 0. The molecule has 4 rings (SSSR count). The Morgan fingerprint density at radius 3 is 2.89 bits per heavy atom. The van der Waals surface area contributed by atoms with Crippen molar-refractivity contribution in [3.8, 4) is 0 Å². The molecule has 1 heterocycles. The average molecular weight is 234 g/mol. The van der Waals surface area contributed by atoms with Crippen LogP contribution in [0.25, 0.3) is 28.0 Å². The van der Waals surface area contributed by atoms with Gasteiger partial charge >= 0.3 is 0 Å². The molecule has 1 aromatic heterocycles. The second-order valence-corrected chi connectivity index (χ2v) is 5.08. The normalized spacial score (nSPS) is 18.4. The van der Waals surface area contributed by atoms with Crippen molar-refractivity contribution in [2.45, 2.75) is 19.3 Å². The second kappa shape index (κ2) is 3.49. The van der Waals surface area contributed by atoms with Crippen LogP contribution >= 0.6 is 0 Å². The minimum atomic E-state index is 0.536. The Morgan fingerprint density at radius 2 is 1.94 bits per heavy atom. The van der Waals surface area contributed by atoms with Crippen LogP contribution in [-0.2, 0) is 0 Å². The molecule has 1 unspecified atom stereocenters. The summed E-state index contributed by atoms with van der Waals surface area (Å²) in [6.45, 7) is 2.27. The maximum atomic E-state index is 6.09. The SMILES string of the molecule is CC1CC=Cc2ccc3c(oc4ccccc43)c21. The highest BCUT2D eigenvalue weighted by Crippen LogP contribution is 2.39. The fraction of sp³-hybridized carbons (Fsp3) is 0.176. The van der Waals surface area contributed by atoms with Gasteiger partial charge in [0.05, 0.1) is 0 Å². The summed E-state index contributed by atoms with van der Waals surface area (Å²) in [6.07, 6.45) is 5.56. The molecule has 0 saturated carbocycles. The summed E-state index contributed by atoms with van der Waals surface area (Å²) < 4.78 is 6.09. The Kier molecular flexibility index (Phi) is 1.93. The van der Waals surface area contributed by atoms with Crippen molar-refractivity contribution in [2.75, 3.05) is 0 Å². The van der Waals surface area contributed by atoms with Gasteiger partial charge in [0, 0.05) is 16.3 Å². The second-order valence-electron chi connectivity index (χ2n) is 5.08. The van der Waals surface area contributed by atoms with E-state index in [0.29, 0.717) is 5.92 Å². The van der Waals surface area contributed by atoms with E-state index in [1.165, 1.54) is 21.9 Å². The van der Waals surface area contributed by atoms with Crippen LogP contribution in [0.4, 0.5) is 0 Å². The van der Waals surface area contributed by atoms with E-state index in [0.717, 1.165) is 17.6 Å². The molecule has 0 aliphatic heterocycles. The average Bonchev–Trinajstić information content (AvgIpc) is 2.77. The standard InChI is InChI=1S/C17H14O/c1-11-5-4-6-12-9-10-14-13-7-2-3-8-15(13)18-17(14)16(11)12/h2-4,6-11H,5H2,1H3. The van der Waals surface area contributed by atoms with Crippen molar-refractivity contribution in [3.63, 3.8) is 0 Å². The Bertz CT molecular complexity index is 777. The first-order chi connectivity index (χ1) is 8.84. The number of para-hydroxylation sites is 1. The van der Waals surface area contributed by atoms with Crippen molar-refractivity contribution < 1.29 is 4.42 Å². The van der Waals surface area contributed by atoms with Crippen LogP contribution in [-0.4, -0.2) is 0 Å². The van der Waals surface area contributed by atoms with Gasteiger partial charge in [0.15, 0.2) is 0 Å². The maximum absolute atomic E-state index is 6.09. The molecule has 0 saturated heterocycles. The van der Waals surface area contributed by atoms with Crippen molar-refractivity contribution in [1.82, 2.24) is 0 Å². The van der Waals surface area contributed by atoms with Gasteiger partial charge < -0.3 is 4.42 Å². The Labute approximate surface area is 106 Å². The van der Waals surface area contributed by atoms with Gasteiger partial charge in [-0.05, 0) is 30.0 Å². The van der Waals surface area contributed by atoms with E-state index in [-0.39, 0.29) is 0 Å². The molecule has 2 aromatic carbocycles. The van der Waals surface area contributed by atoms with Gasteiger partial charge in [-0.15, -0.1) is 0 Å². The molecule has 1 aliphatic rings. The van der Waals surface area contributed by atoms with Crippen LogP contribution < -0.4 is 0 Å². The quantitative estimate of drug-likeness (QED) is 0.527. The maximum Gasteiger partial charge on any atom is 0.139 e. The van der Waals surface area contributed by atoms with E-state index in [1.54, 1.807) is 0 Å². The fourth-order valence-corrected chi connectivity index (χ4v) is 3.00. The van der Waals surface area contributed by atoms with Gasteiger partial charge in [0.25, 0.3) is 0 Å².